The second-order valence-electron chi connectivity index (χ2n) is 3.55. The highest BCUT2D eigenvalue weighted by Gasteiger charge is 2.23. The van der Waals surface area contributed by atoms with Gasteiger partial charge in [-0.15, -0.1) is 10.2 Å². The van der Waals surface area contributed by atoms with Crippen LogP contribution in [0.3, 0.4) is 0 Å². The molecule has 6 nitrogen and oxygen atoms in total. The number of nitrogens with one attached hydrogen (secondary N) is 1. The maximum absolute atomic E-state index is 13.8. The van der Waals surface area contributed by atoms with Crippen molar-refractivity contribution < 1.29 is 12.8 Å². The Morgan fingerprint density at radius 1 is 1.42 bits per heavy atom. The van der Waals surface area contributed by atoms with E-state index in [1.165, 1.54) is 6.07 Å². The van der Waals surface area contributed by atoms with Gasteiger partial charge in [0.1, 0.15) is 9.90 Å². The molecule has 2 aromatic rings. The Hall–Kier alpha value is -1.26. The van der Waals surface area contributed by atoms with E-state index in [9.17, 15) is 12.8 Å². The van der Waals surface area contributed by atoms with E-state index in [-0.39, 0.29) is 15.3 Å². The number of anilines is 2. The van der Waals surface area contributed by atoms with Gasteiger partial charge in [-0.05, 0) is 35.0 Å². The van der Waals surface area contributed by atoms with Crippen molar-refractivity contribution in [2.75, 3.05) is 10.5 Å². The summed E-state index contributed by atoms with van der Waals surface area (Å²) in [6, 6.07) is 2.32. The van der Waals surface area contributed by atoms with Crippen molar-refractivity contribution in [2.45, 2.75) is 11.8 Å². The number of halogens is 2. The third kappa shape index (κ3) is 3.01. The normalized spacial score (nSPS) is 11.5. The van der Waals surface area contributed by atoms with E-state index in [1.807, 2.05) is 0 Å². The molecule has 102 valence electrons. The van der Waals surface area contributed by atoms with Crippen LogP contribution < -0.4 is 10.5 Å². The fourth-order valence-corrected chi connectivity index (χ4v) is 3.85. The van der Waals surface area contributed by atoms with E-state index in [2.05, 4.69) is 30.8 Å². The monoisotopic (exact) mass is 366 g/mol. The highest BCUT2D eigenvalue weighted by molar-refractivity contribution is 9.10. The summed E-state index contributed by atoms with van der Waals surface area (Å²) >= 11 is 3.95. The number of benzene rings is 1. The van der Waals surface area contributed by atoms with Gasteiger partial charge < -0.3 is 5.73 Å². The van der Waals surface area contributed by atoms with E-state index in [1.54, 1.807) is 6.92 Å². The number of sulfonamides is 1. The third-order valence-electron chi connectivity index (χ3n) is 2.05. The summed E-state index contributed by atoms with van der Waals surface area (Å²) in [5.41, 5.74) is 5.64. The van der Waals surface area contributed by atoms with Crippen LogP contribution in [0.25, 0.3) is 0 Å². The number of aryl methyl sites for hydroxylation is 1. The maximum atomic E-state index is 13.8. The SMILES string of the molecule is Cc1nnc(NS(=O)(=O)c2cc(N)cc(Br)c2F)s1. The molecule has 19 heavy (non-hydrogen) atoms. The summed E-state index contributed by atoms with van der Waals surface area (Å²) < 4.78 is 40.1. The number of nitrogens with two attached hydrogens (primary N) is 1. The molecule has 0 spiro atoms. The highest BCUT2D eigenvalue weighted by Crippen LogP contribution is 2.28. The fourth-order valence-electron chi connectivity index (χ4n) is 1.29. The standard InChI is InChI=1S/C9H8BrFN4O2S2/c1-4-13-14-9(18-4)15-19(16,17)7-3-5(12)2-6(10)8(7)11/h2-3H,12H2,1H3,(H,14,15). The summed E-state index contributed by atoms with van der Waals surface area (Å²) in [6.07, 6.45) is 0. The first-order valence-corrected chi connectivity index (χ1v) is 7.96. The molecule has 0 atom stereocenters. The number of aromatic nitrogens is 2. The molecule has 1 heterocycles. The van der Waals surface area contributed by atoms with Gasteiger partial charge in [-0.3, -0.25) is 4.72 Å². The van der Waals surface area contributed by atoms with Crippen LogP contribution in [-0.4, -0.2) is 18.6 Å². The van der Waals surface area contributed by atoms with Gasteiger partial charge in [-0.1, -0.05) is 11.3 Å². The van der Waals surface area contributed by atoms with E-state index >= 15 is 0 Å². The molecule has 0 bridgehead atoms. The van der Waals surface area contributed by atoms with Crippen molar-refractivity contribution in [1.29, 1.82) is 0 Å². The quantitative estimate of drug-likeness (QED) is 0.810. The van der Waals surface area contributed by atoms with Gasteiger partial charge in [0.25, 0.3) is 10.0 Å². The van der Waals surface area contributed by atoms with Gasteiger partial charge in [-0.25, -0.2) is 12.8 Å². The molecule has 2 rings (SSSR count). The average Bonchev–Trinajstić information content (AvgIpc) is 2.68. The lowest BCUT2D eigenvalue weighted by molar-refractivity contribution is 0.567. The van der Waals surface area contributed by atoms with Crippen LogP contribution in [0.2, 0.25) is 0 Å². The molecule has 10 heteroatoms. The van der Waals surface area contributed by atoms with Crippen molar-refractivity contribution in [1.82, 2.24) is 10.2 Å². The third-order valence-corrected chi connectivity index (χ3v) is 4.85. The Balaban J connectivity index is 2.45. The van der Waals surface area contributed by atoms with E-state index < -0.39 is 20.7 Å². The minimum absolute atomic E-state index is 0.0266. The molecule has 0 aliphatic heterocycles. The van der Waals surface area contributed by atoms with Gasteiger partial charge >= 0.3 is 0 Å². The second-order valence-corrected chi connectivity index (χ2v) is 7.23. The lowest BCUT2D eigenvalue weighted by Gasteiger charge is -2.08. The zero-order valence-electron chi connectivity index (χ0n) is 9.52. The highest BCUT2D eigenvalue weighted by atomic mass is 79.9. The number of nitrogen functional groups attached to an aromatic ring is 1. The first-order chi connectivity index (χ1) is 8.79. The van der Waals surface area contributed by atoms with Crippen LogP contribution in [0.15, 0.2) is 21.5 Å². The molecule has 0 aliphatic carbocycles. The molecule has 1 aromatic carbocycles. The molecule has 0 saturated heterocycles. The van der Waals surface area contributed by atoms with Crippen LogP contribution in [0.4, 0.5) is 15.2 Å². The van der Waals surface area contributed by atoms with Gasteiger partial charge in [-0.2, -0.15) is 0 Å². The van der Waals surface area contributed by atoms with Crippen LogP contribution in [-0.2, 0) is 10.0 Å². The molecule has 0 radical (unpaired) electrons. The second kappa shape index (κ2) is 5.02. The van der Waals surface area contributed by atoms with E-state index in [0.717, 1.165) is 17.4 Å². The van der Waals surface area contributed by atoms with Crippen molar-refractivity contribution in [3.63, 3.8) is 0 Å². The van der Waals surface area contributed by atoms with Crippen LogP contribution in [0, 0.1) is 12.7 Å². The zero-order valence-corrected chi connectivity index (χ0v) is 12.7. The summed E-state index contributed by atoms with van der Waals surface area (Å²) in [5, 5.41) is 7.93. The van der Waals surface area contributed by atoms with Crippen LogP contribution in [0.1, 0.15) is 5.01 Å². The predicted molar refractivity (Wildman–Crippen MR) is 74.0 cm³/mol. The van der Waals surface area contributed by atoms with Crippen molar-refractivity contribution in [3.05, 3.63) is 27.4 Å². The number of hydrogen-bond donors (Lipinski definition) is 2. The topological polar surface area (TPSA) is 98.0 Å². The number of hydrogen-bond acceptors (Lipinski definition) is 6. The lowest BCUT2D eigenvalue weighted by Crippen LogP contribution is -2.15. The molecular formula is C9H8BrFN4O2S2. The Bertz CT molecular complexity index is 732. The lowest BCUT2D eigenvalue weighted by atomic mass is 10.3. The molecule has 3 N–H and O–H groups in total. The summed E-state index contributed by atoms with van der Waals surface area (Å²) in [4.78, 5) is -0.549. The first-order valence-electron chi connectivity index (χ1n) is 4.87. The van der Waals surface area contributed by atoms with E-state index in [0.29, 0.717) is 5.01 Å². The van der Waals surface area contributed by atoms with Gasteiger partial charge in [0.05, 0.1) is 4.47 Å². The largest absolute Gasteiger partial charge is 0.399 e. The van der Waals surface area contributed by atoms with Gasteiger partial charge in [0.2, 0.25) is 5.13 Å². The van der Waals surface area contributed by atoms with Gasteiger partial charge in [0.15, 0.2) is 5.82 Å². The predicted octanol–water partition coefficient (Wildman–Crippen LogP) is 2.13. The summed E-state index contributed by atoms with van der Waals surface area (Å²) in [7, 11) is -4.10. The van der Waals surface area contributed by atoms with Crippen LogP contribution >= 0.6 is 27.3 Å². The Morgan fingerprint density at radius 3 is 2.68 bits per heavy atom. The minimum atomic E-state index is -4.10. The van der Waals surface area contributed by atoms with E-state index in [4.69, 9.17) is 5.73 Å². The minimum Gasteiger partial charge on any atom is -0.399 e. The molecule has 0 aliphatic rings. The van der Waals surface area contributed by atoms with Crippen molar-refractivity contribution >= 4 is 48.1 Å². The molecule has 0 fully saturated rings. The van der Waals surface area contributed by atoms with Crippen LogP contribution in [0.5, 0.6) is 0 Å². The smallest absolute Gasteiger partial charge is 0.266 e. The maximum Gasteiger partial charge on any atom is 0.266 e. The molecule has 1 aromatic heterocycles. The summed E-state index contributed by atoms with van der Waals surface area (Å²) in [5.74, 6) is -0.914. The van der Waals surface area contributed by atoms with Crippen molar-refractivity contribution in [3.8, 4) is 0 Å². The Morgan fingerprint density at radius 2 is 2.11 bits per heavy atom. The van der Waals surface area contributed by atoms with Crippen molar-refractivity contribution in [2.24, 2.45) is 0 Å². The number of nitrogens with zero attached hydrogens (tertiary/aromatic N) is 2. The Labute approximate surface area is 121 Å². The zero-order chi connectivity index (χ0) is 14.2. The Kier molecular flexibility index (Phi) is 3.74. The van der Waals surface area contributed by atoms with Gasteiger partial charge in [0, 0.05) is 5.69 Å². The molecular weight excluding hydrogens is 359 g/mol. The average molecular weight is 367 g/mol. The molecule has 0 saturated carbocycles. The summed E-state index contributed by atoms with van der Waals surface area (Å²) in [6.45, 7) is 1.67. The fraction of sp³-hybridized carbons (Fsp3) is 0.111. The molecule has 0 amide bonds. The molecule has 0 unspecified atom stereocenters. The first kappa shape index (κ1) is 14.2. The number of rotatable bonds is 3.